The molecule has 126 valence electrons. The van der Waals surface area contributed by atoms with Gasteiger partial charge in [-0.15, -0.1) is 0 Å². The molecule has 5 nitrogen and oxygen atoms in total. The van der Waals surface area contributed by atoms with Gasteiger partial charge in [0.25, 0.3) is 11.8 Å². The molecule has 0 aliphatic carbocycles. The van der Waals surface area contributed by atoms with Gasteiger partial charge in [-0.1, -0.05) is 6.07 Å². The molecule has 1 saturated heterocycles. The maximum atomic E-state index is 12.5. The second-order valence-electron chi connectivity index (χ2n) is 6.35. The lowest BCUT2D eigenvalue weighted by molar-refractivity contribution is 0.0724. The lowest BCUT2D eigenvalue weighted by Gasteiger charge is -2.26. The fraction of sp³-hybridized carbons (Fsp3) is 0.556. The van der Waals surface area contributed by atoms with Gasteiger partial charge in [-0.05, 0) is 64.5 Å². The molecule has 2 rings (SSSR count). The van der Waals surface area contributed by atoms with Gasteiger partial charge in [-0.2, -0.15) is 0 Å². The highest BCUT2D eigenvalue weighted by molar-refractivity contribution is 5.99. The molecular formula is C18H27N3O2. The minimum absolute atomic E-state index is 0.0342. The van der Waals surface area contributed by atoms with Gasteiger partial charge in [0, 0.05) is 30.8 Å². The molecule has 1 heterocycles. The van der Waals surface area contributed by atoms with Crippen molar-refractivity contribution < 1.29 is 9.59 Å². The van der Waals surface area contributed by atoms with Crippen molar-refractivity contribution in [1.29, 1.82) is 0 Å². The van der Waals surface area contributed by atoms with Crippen LogP contribution in [0.1, 0.15) is 46.4 Å². The highest BCUT2D eigenvalue weighted by Gasteiger charge is 2.19. The topological polar surface area (TPSA) is 52.7 Å². The van der Waals surface area contributed by atoms with E-state index in [9.17, 15) is 9.59 Å². The van der Waals surface area contributed by atoms with Crippen LogP contribution in [0.2, 0.25) is 0 Å². The van der Waals surface area contributed by atoms with Crippen molar-refractivity contribution in [2.45, 2.75) is 25.7 Å². The average molecular weight is 317 g/mol. The minimum Gasteiger partial charge on any atom is -0.352 e. The first-order valence-electron chi connectivity index (χ1n) is 8.40. The summed E-state index contributed by atoms with van der Waals surface area (Å²) in [7, 11) is 4.02. The Morgan fingerprint density at radius 2 is 1.83 bits per heavy atom. The Labute approximate surface area is 138 Å². The van der Waals surface area contributed by atoms with Gasteiger partial charge < -0.3 is 15.1 Å². The van der Waals surface area contributed by atoms with Crippen LogP contribution >= 0.6 is 0 Å². The van der Waals surface area contributed by atoms with Crippen molar-refractivity contribution in [2.75, 3.05) is 40.3 Å². The Morgan fingerprint density at radius 1 is 1.13 bits per heavy atom. The van der Waals surface area contributed by atoms with Gasteiger partial charge in [-0.3, -0.25) is 9.59 Å². The van der Waals surface area contributed by atoms with Crippen molar-refractivity contribution in [1.82, 2.24) is 15.1 Å². The number of carbonyl (C=O) groups excluding carboxylic acids is 2. The van der Waals surface area contributed by atoms with Crippen LogP contribution in [-0.4, -0.2) is 61.9 Å². The summed E-state index contributed by atoms with van der Waals surface area (Å²) in [6.07, 6.45) is 4.24. The summed E-state index contributed by atoms with van der Waals surface area (Å²) < 4.78 is 0. The van der Waals surface area contributed by atoms with E-state index in [0.717, 1.165) is 38.9 Å². The predicted octanol–water partition coefficient (Wildman–Crippen LogP) is 1.99. The van der Waals surface area contributed by atoms with Crippen molar-refractivity contribution in [3.05, 3.63) is 35.4 Å². The summed E-state index contributed by atoms with van der Waals surface area (Å²) in [4.78, 5) is 28.7. The first kappa shape index (κ1) is 17.5. The predicted molar refractivity (Wildman–Crippen MR) is 91.7 cm³/mol. The highest BCUT2D eigenvalue weighted by atomic mass is 16.2. The smallest absolute Gasteiger partial charge is 0.253 e. The fourth-order valence-electron chi connectivity index (χ4n) is 2.77. The van der Waals surface area contributed by atoms with Gasteiger partial charge in [0.05, 0.1) is 0 Å². The number of amides is 2. The highest BCUT2D eigenvalue weighted by Crippen LogP contribution is 2.14. The van der Waals surface area contributed by atoms with Gasteiger partial charge in [0.2, 0.25) is 0 Å². The third kappa shape index (κ3) is 5.36. The molecule has 0 unspecified atom stereocenters. The van der Waals surface area contributed by atoms with E-state index in [-0.39, 0.29) is 11.8 Å². The number of benzene rings is 1. The Bertz CT molecular complexity index is 537. The molecule has 23 heavy (non-hydrogen) atoms. The second-order valence-corrected chi connectivity index (χ2v) is 6.35. The van der Waals surface area contributed by atoms with Crippen LogP contribution < -0.4 is 5.32 Å². The summed E-state index contributed by atoms with van der Waals surface area (Å²) in [6, 6.07) is 7.04. The Kier molecular flexibility index (Phi) is 6.59. The van der Waals surface area contributed by atoms with E-state index in [1.165, 1.54) is 6.42 Å². The standard InChI is InChI=1S/C18H27N3O2/c1-20(2)11-7-10-19-17(22)15-8-6-9-16(14-15)18(23)21-12-4-3-5-13-21/h6,8-9,14H,3-5,7,10-13H2,1-2H3,(H,19,22). The van der Waals surface area contributed by atoms with Crippen LogP contribution in [0.4, 0.5) is 0 Å². The molecule has 0 bridgehead atoms. The third-order valence-electron chi connectivity index (χ3n) is 4.08. The Balaban J connectivity index is 1.93. The summed E-state index contributed by atoms with van der Waals surface area (Å²) in [5, 5.41) is 2.91. The first-order valence-corrected chi connectivity index (χ1v) is 8.40. The molecule has 1 aliphatic rings. The lowest BCUT2D eigenvalue weighted by Crippen LogP contribution is -2.35. The first-order chi connectivity index (χ1) is 11.1. The minimum atomic E-state index is -0.114. The van der Waals surface area contributed by atoms with Crippen molar-refractivity contribution in [3.8, 4) is 0 Å². The largest absolute Gasteiger partial charge is 0.352 e. The van der Waals surface area contributed by atoms with Crippen LogP contribution in [0, 0.1) is 0 Å². The Morgan fingerprint density at radius 3 is 2.52 bits per heavy atom. The van der Waals surface area contributed by atoms with Gasteiger partial charge in [0.1, 0.15) is 0 Å². The molecule has 1 fully saturated rings. The maximum absolute atomic E-state index is 12.5. The second kappa shape index (κ2) is 8.67. The molecule has 0 saturated carbocycles. The number of hydrogen-bond donors (Lipinski definition) is 1. The summed E-state index contributed by atoms with van der Waals surface area (Å²) in [5.41, 5.74) is 1.16. The zero-order chi connectivity index (χ0) is 16.7. The van der Waals surface area contributed by atoms with Crippen molar-refractivity contribution >= 4 is 11.8 Å². The SMILES string of the molecule is CN(C)CCCNC(=O)c1cccc(C(=O)N2CCCCC2)c1. The van der Waals surface area contributed by atoms with E-state index in [0.29, 0.717) is 17.7 Å². The summed E-state index contributed by atoms with van der Waals surface area (Å²) in [6.45, 7) is 3.22. The number of likely N-dealkylation sites (tertiary alicyclic amines) is 1. The number of nitrogens with zero attached hydrogens (tertiary/aromatic N) is 2. The van der Waals surface area contributed by atoms with E-state index in [1.807, 2.05) is 19.0 Å². The molecule has 0 spiro atoms. The average Bonchev–Trinajstić information content (AvgIpc) is 2.58. The fourth-order valence-corrected chi connectivity index (χ4v) is 2.77. The van der Waals surface area contributed by atoms with Gasteiger partial charge >= 0.3 is 0 Å². The van der Waals surface area contributed by atoms with E-state index >= 15 is 0 Å². The van der Waals surface area contributed by atoms with Gasteiger partial charge in [0.15, 0.2) is 0 Å². The molecule has 1 N–H and O–H groups in total. The molecule has 0 aromatic heterocycles. The quantitative estimate of drug-likeness (QED) is 0.817. The van der Waals surface area contributed by atoms with E-state index < -0.39 is 0 Å². The molecule has 0 radical (unpaired) electrons. The van der Waals surface area contributed by atoms with Crippen molar-refractivity contribution in [3.63, 3.8) is 0 Å². The van der Waals surface area contributed by atoms with E-state index in [1.54, 1.807) is 24.3 Å². The van der Waals surface area contributed by atoms with Gasteiger partial charge in [-0.25, -0.2) is 0 Å². The number of nitrogens with one attached hydrogen (secondary N) is 1. The monoisotopic (exact) mass is 317 g/mol. The summed E-state index contributed by atoms with van der Waals surface area (Å²) >= 11 is 0. The van der Waals surface area contributed by atoms with Crippen LogP contribution in [-0.2, 0) is 0 Å². The molecule has 2 amide bonds. The molecule has 5 heteroatoms. The maximum Gasteiger partial charge on any atom is 0.253 e. The number of hydrogen-bond acceptors (Lipinski definition) is 3. The van der Waals surface area contributed by atoms with Crippen LogP contribution in [0.5, 0.6) is 0 Å². The molecule has 0 atom stereocenters. The molecule has 1 aromatic rings. The normalized spacial score (nSPS) is 14.8. The van der Waals surface area contributed by atoms with E-state index in [4.69, 9.17) is 0 Å². The Hall–Kier alpha value is -1.88. The number of piperidine rings is 1. The van der Waals surface area contributed by atoms with Crippen LogP contribution in [0.25, 0.3) is 0 Å². The molecular weight excluding hydrogens is 290 g/mol. The van der Waals surface area contributed by atoms with Crippen molar-refractivity contribution in [2.24, 2.45) is 0 Å². The van der Waals surface area contributed by atoms with E-state index in [2.05, 4.69) is 10.2 Å². The number of carbonyl (C=O) groups is 2. The van der Waals surface area contributed by atoms with Crippen LogP contribution in [0.3, 0.4) is 0 Å². The van der Waals surface area contributed by atoms with Crippen LogP contribution in [0.15, 0.2) is 24.3 Å². The summed E-state index contributed by atoms with van der Waals surface area (Å²) in [5.74, 6) is -0.0796. The number of rotatable bonds is 6. The molecule has 1 aromatic carbocycles. The zero-order valence-electron chi connectivity index (χ0n) is 14.2. The molecule has 1 aliphatic heterocycles. The third-order valence-corrected chi connectivity index (χ3v) is 4.08. The zero-order valence-corrected chi connectivity index (χ0v) is 14.2. The lowest BCUT2D eigenvalue weighted by atomic mass is 10.1.